The first-order valence-corrected chi connectivity index (χ1v) is 5.64. The largest absolute Gasteiger partial charge is 0.453 e. The fourth-order valence-corrected chi connectivity index (χ4v) is 1.60. The van der Waals surface area contributed by atoms with E-state index < -0.39 is 5.54 Å². The van der Waals surface area contributed by atoms with Crippen LogP contribution in [0, 0.1) is 0 Å². The van der Waals surface area contributed by atoms with Gasteiger partial charge in [0.1, 0.15) is 5.58 Å². The number of benzene rings is 1. The number of carbonyl (C=O) groups is 1. The molecule has 17 heavy (non-hydrogen) atoms. The number of hydrogen-bond donors (Lipinski definition) is 0. The number of likely N-dealkylation sites (N-methyl/N-ethyl adjacent to an activating group) is 1. The van der Waals surface area contributed by atoms with Crippen molar-refractivity contribution in [3.8, 4) is 0 Å². The Morgan fingerprint density at radius 1 is 1.24 bits per heavy atom. The summed E-state index contributed by atoms with van der Waals surface area (Å²) in [5.41, 5.74) is 0.193. The lowest BCUT2D eigenvalue weighted by molar-refractivity contribution is 0.0727. The Hall–Kier alpha value is -1.61. The van der Waals surface area contributed by atoms with Crippen LogP contribution >= 0.6 is 0 Å². The summed E-state index contributed by atoms with van der Waals surface area (Å²) in [7, 11) is 3.78. The molecule has 3 nitrogen and oxygen atoms in total. The highest BCUT2D eigenvalue weighted by molar-refractivity contribution is 6.03. The first-order chi connectivity index (χ1) is 7.93. The molecule has 1 aromatic heterocycles. The number of furan rings is 1. The van der Waals surface area contributed by atoms with Gasteiger partial charge in [0.2, 0.25) is 5.78 Å². The third-order valence-electron chi connectivity index (χ3n) is 3.32. The molecule has 0 atom stereocenters. The molecule has 2 rings (SSSR count). The van der Waals surface area contributed by atoms with E-state index >= 15 is 0 Å². The van der Waals surface area contributed by atoms with Crippen LogP contribution in [0.4, 0.5) is 0 Å². The summed E-state index contributed by atoms with van der Waals surface area (Å²) in [6, 6.07) is 9.45. The maximum atomic E-state index is 12.3. The molecule has 0 saturated carbocycles. The van der Waals surface area contributed by atoms with Crippen LogP contribution in [-0.2, 0) is 0 Å². The van der Waals surface area contributed by atoms with Gasteiger partial charge in [0.05, 0.1) is 5.54 Å². The minimum Gasteiger partial charge on any atom is -0.453 e. The van der Waals surface area contributed by atoms with E-state index in [0.717, 1.165) is 11.0 Å². The zero-order chi connectivity index (χ0) is 12.6. The van der Waals surface area contributed by atoms with Crippen LogP contribution in [0.15, 0.2) is 34.7 Å². The van der Waals surface area contributed by atoms with Gasteiger partial charge in [0.25, 0.3) is 0 Å². The lowest BCUT2D eigenvalue weighted by atomic mass is 9.96. The Labute approximate surface area is 101 Å². The molecule has 90 valence electrons. The Bertz CT molecular complexity index is 519. The van der Waals surface area contributed by atoms with Crippen LogP contribution in [0.2, 0.25) is 0 Å². The summed E-state index contributed by atoms with van der Waals surface area (Å²) >= 11 is 0. The smallest absolute Gasteiger partial charge is 0.217 e. The van der Waals surface area contributed by atoms with Gasteiger partial charge in [0, 0.05) is 5.39 Å². The van der Waals surface area contributed by atoms with Crippen molar-refractivity contribution in [2.24, 2.45) is 0 Å². The molecule has 0 aliphatic rings. The number of carbonyl (C=O) groups excluding carboxylic acids is 1. The maximum Gasteiger partial charge on any atom is 0.217 e. The average Bonchev–Trinajstić information content (AvgIpc) is 2.70. The minimum absolute atomic E-state index is 0.00120. The zero-order valence-corrected chi connectivity index (χ0v) is 10.7. The predicted molar refractivity (Wildman–Crippen MR) is 68.3 cm³/mol. The molecule has 0 aliphatic carbocycles. The van der Waals surface area contributed by atoms with Gasteiger partial charge in [-0.2, -0.15) is 0 Å². The summed E-state index contributed by atoms with van der Waals surface area (Å²) in [6.07, 6.45) is 0. The molecule has 0 radical (unpaired) electrons. The molecular formula is C14H17NO2. The van der Waals surface area contributed by atoms with E-state index in [2.05, 4.69) is 0 Å². The normalized spacial score (nSPS) is 12.3. The summed E-state index contributed by atoms with van der Waals surface area (Å²) < 4.78 is 5.59. The lowest BCUT2D eigenvalue weighted by Gasteiger charge is -2.29. The second-order valence-corrected chi connectivity index (χ2v) is 4.93. The molecule has 0 saturated heterocycles. The van der Waals surface area contributed by atoms with Crippen molar-refractivity contribution in [2.45, 2.75) is 19.4 Å². The van der Waals surface area contributed by atoms with E-state index in [1.807, 2.05) is 63.2 Å². The Morgan fingerprint density at radius 3 is 2.47 bits per heavy atom. The van der Waals surface area contributed by atoms with Crippen LogP contribution in [0.5, 0.6) is 0 Å². The Kier molecular flexibility index (Phi) is 2.79. The number of nitrogens with zero attached hydrogens (tertiary/aromatic N) is 1. The van der Waals surface area contributed by atoms with Crippen LogP contribution in [0.1, 0.15) is 24.4 Å². The fourth-order valence-electron chi connectivity index (χ4n) is 1.60. The summed E-state index contributed by atoms with van der Waals surface area (Å²) in [4.78, 5) is 14.2. The molecule has 2 aromatic rings. The van der Waals surface area contributed by atoms with Crippen LogP contribution < -0.4 is 0 Å². The molecule has 1 heterocycles. The number of hydrogen-bond acceptors (Lipinski definition) is 3. The molecule has 0 fully saturated rings. The monoisotopic (exact) mass is 231 g/mol. The highest BCUT2D eigenvalue weighted by Crippen LogP contribution is 2.24. The van der Waals surface area contributed by atoms with Gasteiger partial charge < -0.3 is 4.42 Å². The molecule has 0 bridgehead atoms. The van der Waals surface area contributed by atoms with Crippen molar-refractivity contribution in [3.63, 3.8) is 0 Å². The Morgan fingerprint density at radius 2 is 1.88 bits per heavy atom. The highest BCUT2D eigenvalue weighted by atomic mass is 16.3. The Balaban J connectivity index is 2.44. The van der Waals surface area contributed by atoms with Crippen molar-refractivity contribution in [1.29, 1.82) is 0 Å². The number of rotatable bonds is 3. The number of Topliss-reactive ketones (excluding diaryl/α,β-unsaturated/α-hetero) is 1. The second-order valence-electron chi connectivity index (χ2n) is 4.93. The van der Waals surface area contributed by atoms with Gasteiger partial charge in [-0.15, -0.1) is 0 Å². The number of para-hydroxylation sites is 1. The molecular weight excluding hydrogens is 214 g/mol. The maximum absolute atomic E-state index is 12.3. The highest BCUT2D eigenvalue weighted by Gasteiger charge is 2.33. The first-order valence-electron chi connectivity index (χ1n) is 5.64. The fraction of sp³-hybridized carbons (Fsp3) is 0.357. The lowest BCUT2D eigenvalue weighted by Crippen LogP contribution is -2.45. The quantitative estimate of drug-likeness (QED) is 0.761. The van der Waals surface area contributed by atoms with Gasteiger partial charge >= 0.3 is 0 Å². The minimum atomic E-state index is -0.562. The van der Waals surface area contributed by atoms with Crippen molar-refractivity contribution >= 4 is 16.8 Å². The molecule has 1 aromatic carbocycles. The first kappa shape index (κ1) is 11.9. The summed E-state index contributed by atoms with van der Waals surface area (Å²) in [5, 5.41) is 0.963. The van der Waals surface area contributed by atoms with E-state index in [4.69, 9.17) is 4.42 Å². The standard InChI is InChI=1S/C14H17NO2/c1-14(2,15(3)4)13(16)12-9-10-7-5-6-8-11(10)17-12/h5-9H,1-4H3. The van der Waals surface area contributed by atoms with Gasteiger partial charge in [-0.25, -0.2) is 0 Å². The van der Waals surface area contributed by atoms with Crippen molar-refractivity contribution in [3.05, 3.63) is 36.1 Å². The number of ketones is 1. The van der Waals surface area contributed by atoms with Crippen LogP contribution in [0.25, 0.3) is 11.0 Å². The van der Waals surface area contributed by atoms with Crippen molar-refractivity contribution < 1.29 is 9.21 Å². The van der Waals surface area contributed by atoms with E-state index in [9.17, 15) is 4.79 Å². The topological polar surface area (TPSA) is 33.5 Å². The molecule has 0 unspecified atom stereocenters. The van der Waals surface area contributed by atoms with Crippen LogP contribution in [-0.4, -0.2) is 30.3 Å². The molecule has 0 N–H and O–H groups in total. The third-order valence-corrected chi connectivity index (χ3v) is 3.32. The van der Waals surface area contributed by atoms with Crippen molar-refractivity contribution in [1.82, 2.24) is 4.90 Å². The van der Waals surface area contributed by atoms with Gasteiger partial charge in [-0.05, 0) is 40.1 Å². The molecule has 0 spiro atoms. The average molecular weight is 231 g/mol. The van der Waals surface area contributed by atoms with Gasteiger partial charge in [-0.1, -0.05) is 18.2 Å². The predicted octanol–water partition coefficient (Wildman–Crippen LogP) is 2.96. The second kappa shape index (κ2) is 4.00. The number of fused-ring (bicyclic) bond motifs is 1. The van der Waals surface area contributed by atoms with E-state index in [1.54, 1.807) is 0 Å². The van der Waals surface area contributed by atoms with Crippen LogP contribution in [0.3, 0.4) is 0 Å². The van der Waals surface area contributed by atoms with E-state index in [-0.39, 0.29) is 5.78 Å². The molecule has 3 heteroatoms. The molecule has 0 amide bonds. The van der Waals surface area contributed by atoms with E-state index in [0.29, 0.717) is 5.76 Å². The van der Waals surface area contributed by atoms with Crippen molar-refractivity contribution in [2.75, 3.05) is 14.1 Å². The molecule has 0 aliphatic heterocycles. The van der Waals surface area contributed by atoms with Gasteiger partial charge in [-0.3, -0.25) is 9.69 Å². The summed E-state index contributed by atoms with van der Waals surface area (Å²) in [5.74, 6) is 0.420. The van der Waals surface area contributed by atoms with Gasteiger partial charge in [0.15, 0.2) is 5.76 Å². The summed E-state index contributed by atoms with van der Waals surface area (Å²) in [6.45, 7) is 3.78. The zero-order valence-electron chi connectivity index (χ0n) is 10.7. The SMILES string of the molecule is CN(C)C(C)(C)C(=O)c1cc2ccccc2o1. The van der Waals surface area contributed by atoms with E-state index in [1.165, 1.54) is 0 Å². The third kappa shape index (κ3) is 1.98.